The monoisotopic (exact) mass is 262 g/mol. The summed E-state index contributed by atoms with van der Waals surface area (Å²) in [6, 6.07) is 0. The zero-order valence-corrected chi connectivity index (χ0v) is 10.5. The van der Waals surface area contributed by atoms with Crippen molar-refractivity contribution in [1.29, 1.82) is 0 Å². The van der Waals surface area contributed by atoms with E-state index < -0.39 is 5.91 Å². The number of hydrogen-bond acceptors (Lipinski definition) is 7. The van der Waals surface area contributed by atoms with Gasteiger partial charge in [0.15, 0.2) is 5.69 Å². The van der Waals surface area contributed by atoms with Gasteiger partial charge in [-0.3, -0.25) is 10.6 Å². The fraction of sp³-hybridized carbons (Fsp3) is 0.273. The van der Waals surface area contributed by atoms with Crippen LogP contribution in [0.15, 0.2) is 23.2 Å². The third-order valence-electron chi connectivity index (χ3n) is 2.38. The number of carbonyl (C=O) groups excluding carboxylic acids is 1. The van der Waals surface area contributed by atoms with Crippen LogP contribution in [0.1, 0.15) is 36.1 Å². The smallest absolute Gasteiger partial charge is 0.276 e. The molecule has 0 aliphatic rings. The number of nitrogens with two attached hydrogens (primary N) is 1. The Bertz CT molecular complexity index is 567. The molecule has 0 saturated heterocycles. The minimum Gasteiger partial charge on any atom is -0.363 e. The molecule has 0 aliphatic heterocycles. The summed E-state index contributed by atoms with van der Waals surface area (Å²) in [7, 11) is 0. The number of amides is 1. The molecule has 4 N–H and O–H groups in total. The zero-order valence-electron chi connectivity index (χ0n) is 10.5. The molecular weight excluding hydrogens is 248 g/mol. The highest BCUT2D eigenvalue weighted by molar-refractivity contribution is 6.06. The molecule has 0 spiro atoms. The zero-order chi connectivity index (χ0) is 13.8. The van der Waals surface area contributed by atoms with Gasteiger partial charge >= 0.3 is 0 Å². The average Bonchev–Trinajstić information content (AvgIpc) is 2.90. The van der Waals surface area contributed by atoms with E-state index in [9.17, 15) is 4.79 Å². The van der Waals surface area contributed by atoms with Crippen molar-refractivity contribution in [2.24, 2.45) is 5.84 Å². The van der Waals surface area contributed by atoms with E-state index >= 15 is 0 Å². The number of hydrogen-bond donors (Lipinski definition) is 3. The lowest BCUT2D eigenvalue weighted by Crippen LogP contribution is -2.20. The normalized spacial score (nSPS) is 10.5. The molecule has 19 heavy (non-hydrogen) atoms. The first kappa shape index (κ1) is 13.0. The average molecular weight is 262 g/mol. The van der Waals surface area contributed by atoms with E-state index in [0.29, 0.717) is 17.2 Å². The van der Waals surface area contributed by atoms with E-state index in [1.54, 1.807) is 0 Å². The van der Waals surface area contributed by atoms with Crippen LogP contribution < -0.4 is 16.6 Å². The summed E-state index contributed by atoms with van der Waals surface area (Å²) in [5.41, 5.74) is 3.35. The SMILES string of the molecule is CC(C)c1ncc(NN)c(C(=O)Nc2cnoc2)n1. The van der Waals surface area contributed by atoms with Crippen molar-refractivity contribution in [2.75, 3.05) is 10.7 Å². The number of nitrogen functional groups attached to an aromatic ring is 1. The quantitative estimate of drug-likeness (QED) is 0.558. The minimum absolute atomic E-state index is 0.106. The Labute approximate surface area is 109 Å². The predicted octanol–water partition coefficient (Wildman–Crippen LogP) is 1.13. The topological polar surface area (TPSA) is 119 Å². The molecule has 8 nitrogen and oxygen atoms in total. The molecule has 0 bridgehead atoms. The Morgan fingerprint density at radius 3 is 2.79 bits per heavy atom. The van der Waals surface area contributed by atoms with E-state index in [2.05, 4.69) is 30.4 Å². The van der Waals surface area contributed by atoms with Gasteiger partial charge in [0.1, 0.15) is 17.8 Å². The number of nitrogens with zero attached hydrogens (tertiary/aromatic N) is 3. The fourth-order valence-electron chi connectivity index (χ4n) is 1.41. The lowest BCUT2D eigenvalue weighted by molar-refractivity contribution is 0.102. The molecule has 0 saturated carbocycles. The van der Waals surface area contributed by atoms with Crippen LogP contribution in [0.2, 0.25) is 0 Å². The highest BCUT2D eigenvalue weighted by Crippen LogP contribution is 2.17. The van der Waals surface area contributed by atoms with Gasteiger partial charge in [0.2, 0.25) is 0 Å². The van der Waals surface area contributed by atoms with E-state index in [4.69, 9.17) is 5.84 Å². The fourth-order valence-corrected chi connectivity index (χ4v) is 1.41. The molecule has 0 fully saturated rings. The molecule has 0 radical (unpaired) electrons. The van der Waals surface area contributed by atoms with Gasteiger partial charge in [0.25, 0.3) is 5.91 Å². The molecule has 0 aliphatic carbocycles. The number of anilines is 2. The lowest BCUT2D eigenvalue weighted by Gasteiger charge is -2.10. The first-order valence-electron chi connectivity index (χ1n) is 5.66. The molecule has 2 rings (SSSR count). The molecule has 8 heteroatoms. The predicted molar refractivity (Wildman–Crippen MR) is 68.4 cm³/mol. The summed E-state index contributed by atoms with van der Waals surface area (Å²) in [6.45, 7) is 3.87. The molecular formula is C11H14N6O2. The van der Waals surface area contributed by atoms with Crippen molar-refractivity contribution >= 4 is 17.3 Å². The van der Waals surface area contributed by atoms with Gasteiger partial charge in [-0.1, -0.05) is 19.0 Å². The molecule has 2 aromatic heterocycles. The molecule has 2 heterocycles. The van der Waals surface area contributed by atoms with Crippen molar-refractivity contribution in [3.63, 3.8) is 0 Å². The maximum atomic E-state index is 12.1. The first-order chi connectivity index (χ1) is 9.11. The second kappa shape index (κ2) is 5.44. The number of rotatable bonds is 4. The molecule has 0 aromatic carbocycles. The van der Waals surface area contributed by atoms with E-state index in [1.807, 2.05) is 13.8 Å². The van der Waals surface area contributed by atoms with E-state index in [-0.39, 0.29) is 11.6 Å². The van der Waals surface area contributed by atoms with Gasteiger partial charge in [0, 0.05) is 5.92 Å². The Morgan fingerprint density at radius 2 is 2.21 bits per heavy atom. The van der Waals surface area contributed by atoms with E-state index in [1.165, 1.54) is 18.7 Å². The van der Waals surface area contributed by atoms with Crippen molar-refractivity contribution < 1.29 is 9.32 Å². The summed E-state index contributed by atoms with van der Waals surface area (Å²) in [5, 5.41) is 6.09. The summed E-state index contributed by atoms with van der Waals surface area (Å²) in [4.78, 5) is 20.4. The third kappa shape index (κ3) is 2.86. The van der Waals surface area contributed by atoms with Gasteiger partial charge in [0.05, 0.1) is 18.1 Å². The Balaban J connectivity index is 2.30. The van der Waals surface area contributed by atoms with Crippen molar-refractivity contribution in [2.45, 2.75) is 19.8 Å². The Kier molecular flexibility index (Phi) is 3.71. The number of nitrogens with one attached hydrogen (secondary N) is 2. The number of aromatic nitrogens is 3. The van der Waals surface area contributed by atoms with Gasteiger partial charge in [-0.15, -0.1) is 0 Å². The number of carbonyl (C=O) groups is 1. The van der Waals surface area contributed by atoms with Crippen molar-refractivity contribution in [3.05, 3.63) is 30.2 Å². The highest BCUT2D eigenvalue weighted by Gasteiger charge is 2.16. The summed E-state index contributed by atoms with van der Waals surface area (Å²) < 4.78 is 4.63. The molecule has 100 valence electrons. The molecule has 0 unspecified atom stereocenters. The van der Waals surface area contributed by atoms with Gasteiger partial charge in [-0.25, -0.2) is 9.97 Å². The maximum absolute atomic E-state index is 12.1. The van der Waals surface area contributed by atoms with Crippen LogP contribution in [0.4, 0.5) is 11.4 Å². The minimum atomic E-state index is -0.416. The summed E-state index contributed by atoms with van der Waals surface area (Å²) >= 11 is 0. The van der Waals surface area contributed by atoms with Gasteiger partial charge in [-0.05, 0) is 0 Å². The highest BCUT2D eigenvalue weighted by atomic mass is 16.5. The second-order valence-electron chi connectivity index (χ2n) is 4.16. The van der Waals surface area contributed by atoms with Crippen LogP contribution in [-0.2, 0) is 0 Å². The second-order valence-corrected chi connectivity index (χ2v) is 4.16. The molecule has 1 amide bonds. The van der Waals surface area contributed by atoms with Crippen molar-refractivity contribution in [1.82, 2.24) is 15.1 Å². The largest absolute Gasteiger partial charge is 0.363 e. The van der Waals surface area contributed by atoms with Crippen LogP contribution in [0.5, 0.6) is 0 Å². The first-order valence-corrected chi connectivity index (χ1v) is 5.66. The standard InChI is InChI=1S/C11H14N6O2/c1-6(2)10-13-4-8(17-12)9(16-10)11(18)15-7-3-14-19-5-7/h3-6,17H,12H2,1-2H3,(H,15,18). The van der Waals surface area contributed by atoms with Crippen LogP contribution in [0.3, 0.4) is 0 Å². The maximum Gasteiger partial charge on any atom is 0.276 e. The van der Waals surface area contributed by atoms with Gasteiger partial charge < -0.3 is 15.3 Å². The Morgan fingerprint density at radius 1 is 1.42 bits per heavy atom. The lowest BCUT2D eigenvalue weighted by atomic mass is 10.2. The van der Waals surface area contributed by atoms with E-state index in [0.717, 1.165) is 0 Å². The van der Waals surface area contributed by atoms with Crippen molar-refractivity contribution in [3.8, 4) is 0 Å². The van der Waals surface area contributed by atoms with Crippen LogP contribution >= 0.6 is 0 Å². The van der Waals surface area contributed by atoms with Crippen LogP contribution in [0.25, 0.3) is 0 Å². The molecule has 0 atom stereocenters. The van der Waals surface area contributed by atoms with Crippen LogP contribution in [0, 0.1) is 0 Å². The summed E-state index contributed by atoms with van der Waals surface area (Å²) in [5.74, 6) is 5.60. The number of hydrazine groups is 1. The summed E-state index contributed by atoms with van der Waals surface area (Å²) in [6.07, 6.45) is 4.18. The van der Waals surface area contributed by atoms with Gasteiger partial charge in [-0.2, -0.15) is 0 Å². The Hall–Kier alpha value is -2.48. The molecule has 2 aromatic rings. The third-order valence-corrected chi connectivity index (χ3v) is 2.38. The van der Waals surface area contributed by atoms with Crippen LogP contribution in [-0.4, -0.2) is 21.0 Å².